The molecule has 0 bridgehead atoms. The van der Waals surface area contributed by atoms with Gasteiger partial charge in [-0.3, -0.25) is 9.59 Å². The Labute approximate surface area is 144 Å². The molecule has 1 rings (SSSR count). The van der Waals surface area contributed by atoms with E-state index < -0.39 is 0 Å². The van der Waals surface area contributed by atoms with E-state index >= 15 is 0 Å². The summed E-state index contributed by atoms with van der Waals surface area (Å²) in [5.74, 6) is 4.99. The van der Waals surface area contributed by atoms with Crippen LogP contribution in [0.1, 0.15) is 39.5 Å². The van der Waals surface area contributed by atoms with Crippen LogP contribution in [0, 0.1) is 23.7 Å². The molecule has 0 spiro atoms. The molecular weight excluding hydrogens is 312 g/mol. The van der Waals surface area contributed by atoms with E-state index in [1.54, 1.807) is 0 Å². The van der Waals surface area contributed by atoms with Gasteiger partial charge in [0.15, 0.2) is 0 Å². The summed E-state index contributed by atoms with van der Waals surface area (Å²) in [5, 5.41) is 0. The van der Waals surface area contributed by atoms with Gasteiger partial charge in [-0.1, -0.05) is 13.8 Å². The number of hydrogen-bond acceptors (Lipinski definition) is 6. The number of rotatable bonds is 2. The van der Waals surface area contributed by atoms with Gasteiger partial charge in [0.2, 0.25) is 0 Å². The van der Waals surface area contributed by atoms with Crippen LogP contribution in [0.15, 0.2) is 0 Å². The molecule has 0 aliphatic carbocycles. The van der Waals surface area contributed by atoms with Crippen molar-refractivity contribution in [1.29, 1.82) is 0 Å². The minimum Gasteiger partial charge on any atom is -0.463 e. The summed E-state index contributed by atoms with van der Waals surface area (Å²) in [5.41, 5.74) is 0. The quantitative estimate of drug-likeness (QED) is 0.565. The summed E-state index contributed by atoms with van der Waals surface area (Å²) in [4.78, 5) is 23.9. The molecule has 2 atom stereocenters. The molecule has 0 fully saturated rings. The second-order valence-electron chi connectivity index (χ2n) is 5.53. The van der Waals surface area contributed by atoms with Crippen LogP contribution in [0.3, 0.4) is 0 Å². The van der Waals surface area contributed by atoms with Crippen molar-refractivity contribution in [2.45, 2.75) is 39.5 Å². The second-order valence-corrected chi connectivity index (χ2v) is 5.53. The van der Waals surface area contributed by atoms with Crippen LogP contribution in [0.5, 0.6) is 0 Å². The molecule has 0 aromatic heterocycles. The zero-order valence-electron chi connectivity index (χ0n) is 14.7. The Kier molecular flexibility index (Phi) is 10.9. The highest BCUT2D eigenvalue weighted by Gasteiger charge is 2.18. The zero-order valence-corrected chi connectivity index (χ0v) is 14.7. The highest BCUT2D eigenvalue weighted by Crippen LogP contribution is 2.12. The van der Waals surface area contributed by atoms with Gasteiger partial charge in [-0.25, -0.2) is 0 Å². The molecule has 2 unspecified atom stereocenters. The molecular formula is C18H28O6. The van der Waals surface area contributed by atoms with Crippen molar-refractivity contribution in [3.05, 3.63) is 0 Å². The smallest absolute Gasteiger partial charge is 0.309 e. The van der Waals surface area contributed by atoms with Crippen molar-refractivity contribution in [3.63, 3.8) is 0 Å². The van der Waals surface area contributed by atoms with E-state index in [9.17, 15) is 9.59 Å². The summed E-state index contributed by atoms with van der Waals surface area (Å²) in [6.07, 6.45) is 2.22. The predicted octanol–water partition coefficient (Wildman–Crippen LogP) is 1.96. The van der Waals surface area contributed by atoms with Gasteiger partial charge in [0, 0.05) is 12.8 Å². The van der Waals surface area contributed by atoms with Crippen LogP contribution >= 0.6 is 0 Å². The van der Waals surface area contributed by atoms with Gasteiger partial charge in [-0.2, -0.15) is 0 Å². The molecule has 1 aliphatic heterocycles. The minimum atomic E-state index is -0.251. The van der Waals surface area contributed by atoms with E-state index in [-0.39, 0.29) is 37.0 Å². The number of carbonyl (C=O) groups excluding carboxylic acids is 2. The summed E-state index contributed by atoms with van der Waals surface area (Å²) < 4.78 is 21.0. The lowest BCUT2D eigenvalue weighted by Gasteiger charge is -2.13. The standard InChI is InChI=1S/C18H28O6/c1-3-15-7-5-6-8-16(4-2)18(20)24-14-12-22-10-9-21-11-13-23-17(15)19/h15-16H,3-4,7-14H2,1-2H3. The number of esters is 2. The average Bonchev–Trinajstić information content (AvgIpc) is 2.58. The van der Waals surface area contributed by atoms with Crippen LogP contribution in [0.25, 0.3) is 0 Å². The lowest BCUT2D eigenvalue weighted by atomic mass is 10.0. The fraction of sp³-hybridized carbons (Fsp3) is 0.778. The number of ether oxygens (including phenoxy) is 4. The predicted molar refractivity (Wildman–Crippen MR) is 88.1 cm³/mol. The molecule has 0 radical (unpaired) electrons. The summed E-state index contributed by atoms with van der Waals surface area (Å²) >= 11 is 0. The van der Waals surface area contributed by atoms with Crippen molar-refractivity contribution in [3.8, 4) is 11.8 Å². The highest BCUT2D eigenvalue weighted by atomic mass is 16.6. The van der Waals surface area contributed by atoms with Gasteiger partial charge in [0.05, 0.1) is 38.3 Å². The SMILES string of the molecule is CCC1CC#CCC(CC)C(=O)OCCOCCOCCOC1=O. The Bertz CT molecular complexity index is 399. The van der Waals surface area contributed by atoms with E-state index in [0.29, 0.717) is 52.1 Å². The monoisotopic (exact) mass is 340 g/mol. The van der Waals surface area contributed by atoms with Crippen molar-refractivity contribution >= 4 is 11.9 Å². The van der Waals surface area contributed by atoms with E-state index in [4.69, 9.17) is 18.9 Å². The Morgan fingerprint density at radius 1 is 0.750 bits per heavy atom. The molecule has 0 amide bonds. The Balaban J connectivity index is 2.61. The Morgan fingerprint density at radius 2 is 1.12 bits per heavy atom. The fourth-order valence-electron chi connectivity index (χ4n) is 2.14. The largest absolute Gasteiger partial charge is 0.463 e. The molecule has 0 aromatic rings. The van der Waals surface area contributed by atoms with Crippen LogP contribution in [-0.4, -0.2) is 51.6 Å². The normalized spacial score (nSPS) is 25.4. The van der Waals surface area contributed by atoms with Crippen LogP contribution < -0.4 is 0 Å². The zero-order chi connectivity index (χ0) is 17.6. The van der Waals surface area contributed by atoms with E-state index in [1.165, 1.54) is 0 Å². The molecule has 0 saturated carbocycles. The first kappa shape index (κ1) is 20.5. The van der Waals surface area contributed by atoms with Gasteiger partial charge in [-0.15, -0.1) is 11.8 Å². The third-order valence-corrected chi connectivity index (χ3v) is 3.79. The average molecular weight is 340 g/mol. The molecule has 24 heavy (non-hydrogen) atoms. The second kappa shape index (κ2) is 12.8. The summed E-state index contributed by atoms with van der Waals surface area (Å²) in [6, 6.07) is 0. The Hall–Kier alpha value is -1.58. The summed E-state index contributed by atoms with van der Waals surface area (Å²) in [6.45, 7) is 5.82. The molecule has 0 N–H and O–H groups in total. The van der Waals surface area contributed by atoms with Crippen LogP contribution in [-0.2, 0) is 28.5 Å². The Morgan fingerprint density at radius 3 is 1.50 bits per heavy atom. The molecule has 6 heteroatoms. The molecule has 0 aromatic carbocycles. The summed E-state index contributed by atoms with van der Waals surface area (Å²) in [7, 11) is 0. The molecule has 1 aliphatic rings. The van der Waals surface area contributed by atoms with Gasteiger partial charge in [-0.05, 0) is 12.8 Å². The highest BCUT2D eigenvalue weighted by molar-refractivity contribution is 5.73. The maximum Gasteiger partial charge on any atom is 0.309 e. The maximum absolute atomic E-state index is 12.0. The first-order valence-electron chi connectivity index (χ1n) is 8.63. The van der Waals surface area contributed by atoms with Crippen molar-refractivity contribution in [2.75, 3.05) is 39.6 Å². The fourth-order valence-corrected chi connectivity index (χ4v) is 2.14. The molecule has 136 valence electrons. The minimum absolute atomic E-state index is 0.234. The van der Waals surface area contributed by atoms with Crippen molar-refractivity contribution in [1.82, 2.24) is 0 Å². The lowest BCUT2D eigenvalue weighted by Crippen LogP contribution is -2.21. The number of cyclic esters (lactones) is 2. The van der Waals surface area contributed by atoms with Gasteiger partial charge >= 0.3 is 11.9 Å². The van der Waals surface area contributed by atoms with E-state index in [0.717, 1.165) is 0 Å². The first-order chi connectivity index (χ1) is 11.7. The van der Waals surface area contributed by atoms with Crippen LogP contribution in [0.2, 0.25) is 0 Å². The van der Waals surface area contributed by atoms with E-state index in [1.807, 2.05) is 13.8 Å². The van der Waals surface area contributed by atoms with E-state index in [2.05, 4.69) is 11.8 Å². The molecule has 1 heterocycles. The van der Waals surface area contributed by atoms with Gasteiger partial charge < -0.3 is 18.9 Å². The van der Waals surface area contributed by atoms with Gasteiger partial charge in [0.25, 0.3) is 0 Å². The lowest BCUT2D eigenvalue weighted by molar-refractivity contribution is -0.151. The maximum atomic E-state index is 12.0. The molecule has 0 saturated heterocycles. The first-order valence-corrected chi connectivity index (χ1v) is 8.63. The number of hydrogen-bond donors (Lipinski definition) is 0. The topological polar surface area (TPSA) is 71.1 Å². The molecule has 6 nitrogen and oxygen atoms in total. The third kappa shape index (κ3) is 8.32. The van der Waals surface area contributed by atoms with Crippen molar-refractivity contribution in [2.24, 2.45) is 11.8 Å². The van der Waals surface area contributed by atoms with Gasteiger partial charge in [0.1, 0.15) is 13.2 Å². The van der Waals surface area contributed by atoms with Crippen molar-refractivity contribution < 1.29 is 28.5 Å². The third-order valence-electron chi connectivity index (χ3n) is 3.79. The number of carbonyl (C=O) groups is 2. The van der Waals surface area contributed by atoms with Crippen LogP contribution in [0.4, 0.5) is 0 Å².